The molecule has 1 atom stereocenters. The summed E-state index contributed by atoms with van der Waals surface area (Å²) < 4.78 is 0. The Kier molecular flexibility index (Phi) is 6.88. The van der Waals surface area contributed by atoms with E-state index in [2.05, 4.69) is 62.3 Å². The van der Waals surface area contributed by atoms with Gasteiger partial charge in [-0.2, -0.15) is 0 Å². The number of hydrogen-bond donors (Lipinski definition) is 0. The molecule has 1 heteroatoms. The Hall–Kier alpha value is -1.63. The summed E-state index contributed by atoms with van der Waals surface area (Å²) in [5.41, 5.74) is 5.69. The number of hydrogen-bond acceptors (Lipinski definition) is 1. The highest BCUT2D eigenvalue weighted by molar-refractivity contribution is 5.70. The molecule has 1 nitrogen and oxygen atoms in total. The Bertz CT molecular complexity index is 682. The normalized spacial score (nSPS) is 21.5. The van der Waals surface area contributed by atoms with Gasteiger partial charge in [-0.15, -0.1) is 0 Å². The molecule has 1 aromatic heterocycles. The molecular weight excluding hydrogens is 314 g/mol. The van der Waals surface area contributed by atoms with Crippen molar-refractivity contribution in [2.45, 2.75) is 78.1 Å². The van der Waals surface area contributed by atoms with E-state index in [0.29, 0.717) is 5.92 Å². The summed E-state index contributed by atoms with van der Waals surface area (Å²) in [6.07, 6.45) is 15.0. The molecule has 0 bridgehead atoms. The van der Waals surface area contributed by atoms with Crippen molar-refractivity contribution in [3.05, 3.63) is 53.9 Å². The number of unbranched alkanes of at least 4 members (excludes halogenated alkanes) is 1. The largest absolute Gasteiger partial charge is 0.264 e. The lowest BCUT2D eigenvalue weighted by Gasteiger charge is -2.33. The molecule has 0 saturated heterocycles. The van der Waals surface area contributed by atoms with Crippen LogP contribution in [0.5, 0.6) is 0 Å². The van der Waals surface area contributed by atoms with Crippen LogP contribution < -0.4 is 0 Å². The van der Waals surface area contributed by atoms with Crippen LogP contribution in [-0.2, 0) is 6.42 Å². The molecule has 1 aromatic carbocycles. The minimum atomic E-state index is 0.593. The Morgan fingerprint density at radius 3 is 2.50 bits per heavy atom. The van der Waals surface area contributed by atoms with Gasteiger partial charge in [0.25, 0.3) is 0 Å². The topological polar surface area (TPSA) is 12.9 Å². The summed E-state index contributed by atoms with van der Waals surface area (Å²) in [7, 11) is 0. The third kappa shape index (κ3) is 4.37. The van der Waals surface area contributed by atoms with Crippen molar-refractivity contribution < 1.29 is 0 Å². The third-order valence-corrected chi connectivity index (χ3v) is 6.60. The van der Waals surface area contributed by atoms with E-state index in [1.807, 2.05) is 6.20 Å². The Morgan fingerprint density at radius 1 is 1.00 bits per heavy atom. The maximum absolute atomic E-state index is 4.50. The second-order valence-corrected chi connectivity index (χ2v) is 8.19. The summed E-state index contributed by atoms with van der Waals surface area (Å²) in [5.74, 6) is 2.38. The van der Waals surface area contributed by atoms with Crippen LogP contribution in [0, 0.1) is 11.8 Å². The van der Waals surface area contributed by atoms with Gasteiger partial charge >= 0.3 is 0 Å². The van der Waals surface area contributed by atoms with Crippen LogP contribution in [0.4, 0.5) is 0 Å². The SMILES string of the molecule is CCCCC1CCC(C(C)c2cnccc2-c2ccccc2CC)CC1. The van der Waals surface area contributed by atoms with Gasteiger partial charge in [-0.05, 0) is 65.3 Å². The highest BCUT2D eigenvalue weighted by Crippen LogP contribution is 2.42. The van der Waals surface area contributed by atoms with E-state index in [0.717, 1.165) is 18.3 Å². The van der Waals surface area contributed by atoms with Gasteiger partial charge in [0.05, 0.1) is 0 Å². The Balaban J connectivity index is 1.78. The predicted molar refractivity (Wildman–Crippen MR) is 112 cm³/mol. The van der Waals surface area contributed by atoms with Crippen molar-refractivity contribution in [1.82, 2.24) is 4.98 Å². The van der Waals surface area contributed by atoms with E-state index < -0.39 is 0 Å². The Labute approximate surface area is 160 Å². The molecule has 1 unspecified atom stereocenters. The summed E-state index contributed by atoms with van der Waals surface area (Å²) >= 11 is 0. The van der Waals surface area contributed by atoms with Gasteiger partial charge in [0.15, 0.2) is 0 Å². The number of aromatic nitrogens is 1. The molecule has 1 aliphatic carbocycles. The van der Waals surface area contributed by atoms with E-state index in [-0.39, 0.29) is 0 Å². The fourth-order valence-corrected chi connectivity index (χ4v) is 4.83. The summed E-state index contributed by atoms with van der Waals surface area (Å²) in [5, 5.41) is 0. The highest BCUT2D eigenvalue weighted by Gasteiger charge is 2.27. The molecule has 0 amide bonds. The minimum absolute atomic E-state index is 0.593. The number of nitrogens with zero attached hydrogens (tertiary/aromatic N) is 1. The van der Waals surface area contributed by atoms with Crippen LogP contribution in [-0.4, -0.2) is 4.98 Å². The van der Waals surface area contributed by atoms with E-state index in [4.69, 9.17) is 0 Å². The lowest BCUT2D eigenvalue weighted by Crippen LogP contribution is -2.19. The van der Waals surface area contributed by atoms with Crippen molar-refractivity contribution in [3.63, 3.8) is 0 Å². The molecule has 2 aromatic rings. The first kappa shape index (κ1) is 19.1. The lowest BCUT2D eigenvalue weighted by atomic mass is 9.72. The van der Waals surface area contributed by atoms with Crippen molar-refractivity contribution in [2.24, 2.45) is 11.8 Å². The lowest BCUT2D eigenvalue weighted by molar-refractivity contribution is 0.237. The number of rotatable bonds is 7. The van der Waals surface area contributed by atoms with E-state index in [1.165, 1.54) is 67.2 Å². The molecule has 26 heavy (non-hydrogen) atoms. The number of aryl methyl sites for hydroxylation is 1. The molecule has 1 saturated carbocycles. The van der Waals surface area contributed by atoms with Crippen molar-refractivity contribution in [1.29, 1.82) is 0 Å². The molecule has 1 heterocycles. The molecule has 3 rings (SSSR count). The smallest absolute Gasteiger partial charge is 0.0308 e. The van der Waals surface area contributed by atoms with Gasteiger partial charge in [0.2, 0.25) is 0 Å². The molecule has 0 radical (unpaired) electrons. The molecule has 1 aliphatic rings. The zero-order valence-electron chi connectivity index (χ0n) is 16.9. The van der Waals surface area contributed by atoms with Gasteiger partial charge in [-0.1, -0.05) is 77.1 Å². The first-order chi connectivity index (χ1) is 12.7. The third-order valence-electron chi connectivity index (χ3n) is 6.60. The summed E-state index contributed by atoms with van der Waals surface area (Å²) in [6, 6.07) is 11.1. The first-order valence-electron chi connectivity index (χ1n) is 10.8. The van der Waals surface area contributed by atoms with Crippen LogP contribution in [0.15, 0.2) is 42.7 Å². The quantitative estimate of drug-likeness (QED) is 0.507. The molecule has 140 valence electrons. The molecule has 0 N–H and O–H groups in total. The first-order valence-corrected chi connectivity index (χ1v) is 10.8. The monoisotopic (exact) mass is 349 g/mol. The van der Waals surface area contributed by atoms with Crippen molar-refractivity contribution >= 4 is 0 Å². The van der Waals surface area contributed by atoms with E-state index >= 15 is 0 Å². The summed E-state index contributed by atoms with van der Waals surface area (Å²) in [6.45, 7) is 7.00. The molecular formula is C25H35N. The highest BCUT2D eigenvalue weighted by atomic mass is 14.6. The molecule has 0 aliphatic heterocycles. The van der Waals surface area contributed by atoms with Gasteiger partial charge in [0.1, 0.15) is 0 Å². The second kappa shape index (κ2) is 9.35. The number of pyridine rings is 1. The summed E-state index contributed by atoms with van der Waals surface area (Å²) in [4.78, 5) is 4.50. The molecule has 1 fully saturated rings. The fourth-order valence-electron chi connectivity index (χ4n) is 4.83. The van der Waals surface area contributed by atoms with Crippen molar-refractivity contribution in [3.8, 4) is 11.1 Å². The van der Waals surface area contributed by atoms with Gasteiger partial charge in [-0.3, -0.25) is 4.98 Å². The Morgan fingerprint density at radius 2 is 1.77 bits per heavy atom. The molecule has 0 spiro atoms. The zero-order chi connectivity index (χ0) is 18.4. The zero-order valence-corrected chi connectivity index (χ0v) is 16.9. The van der Waals surface area contributed by atoms with Gasteiger partial charge in [0, 0.05) is 12.4 Å². The van der Waals surface area contributed by atoms with Gasteiger partial charge < -0.3 is 0 Å². The van der Waals surface area contributed by atoms with E-state index in [9.17, 15) is 0 Å². The van der Waals surface area contributed by atoms with Crippen LogP contribution in [0.25, 0.3) is 11.1 Å². The maximum atomic E-state index is 4.50. The number of benzene rings is 1. The predicted octanol–water partition coefficient (Wildman–Crippen LogP) is 7.41. The van der Waals surface area contributed by atoms with Gasteiger partial charge in [-0.25, -0.2) is 0 Å². The van der Waals surface area contributed by atoms with Crippen LogP contribution >= 0.6 is 0 Å². The van der Waals surface area contributed by atoms with Crippen LogP contribution in [0.3, 0.4) is 0 Å². The second-order valence-electron chi connectivity index (χ2n) is 8.19. The maximum Gasteiger partial charge on any atom is 0.0308 e. The minimum Gasteiger partial charge on any atom is -0.264 e. The van der Waals surface area contributed by atoms with Crippen LogP contribution in [0.1, 0.15) is 82.8 Å². The standard InChI is InChI=1S/C25H35N/c1-4-6-9-20-12-14-22(15-13-20)19(3)25-18-26-17-16-24(25)23-11-8-7-10-21(23)5-2/h7-8,10-11,16-20,22H,4-6,9,12-15H2,1-3H3. The van der Waals surface area contributed by atoms with Crippen LogP contribution in [0.2, 0.25) is 0 Å². The van der Waals surface area contributed by atoms with Crippen molar-refractivity contribution in [2.75, 3.05) is 0 Å². The average molecular weight is 350 g/mol. The fraction of sp³-hybridized carbons (Fsp3) is 0.560. The average Bonchev–Trinajstić information content (AvgIpc) is 2.72. The van der Waals surface area contributed by atoms with E-state index in [1.54, 1.807) is 0 Å².